The molecule has 0 N–H and O–H groups in total. The highest BCUT2D eigenvalue weighted by molar-refractivity contribution is 7.76. The Kier molecular flexibility index (Phi) is 15.8. The molecule has 0 atom stereocenters. The van der Waals surface area contributed by atoms with Crippen LogP contribution in [-0.2, 0) is 30.4 Å². The molecule has 240 valence electrons. The topological polar surface area (TPSA) is 80.3 Å². The predicted molar refractivity (Wildman–Crippen MR) is 187 cm³/mol. The van der Waals surface area contributed by atoms with Crippen molar-refractivity contribution in [3.8, 4) is 0 Å². The van der Waals surface area contributed by atoms with Crippen LogP contribution >= 0.6 is 15.2 Å². The summed E-state index contributed by atoms with van der Waals surface area (Å²) >= 11 is 0. The van der Waals surface area contributed by atoms with Crippen LogP contribution in [0.15, 0.2) is 12.7 Å². The molecule has 0 amide bonds. The van der Waals surface area contributed by atoms with E-state index in [2.05, 4.69) is 6.58 Å². The molecule has 14 heteroatoms. The van der Waals surface area contributed by atoms with E-state index in [0.717, 1.165) is 38.5 Å². The Morgan fingerprint density at radius 1 is 0.525 bits per heavy atom. The molecule has 0 aromatic carbocycles. The molecule has 0 aliphatic heterocycles. The summed E-state index contributed by atoms with van der Waals surface area (Å²) in [6, 6.07) is 0. The van der Waals surface area contributed by atoms with Crippen LogP contribution in [0.4, 0.5) is 0 Å². The summed E-state index contributed by atoms with van der Waals surface area (Å²) in [6.45, 7) is 33.7. The molecule has 0 saturated carbocycles. The van der Waals surface area contributed by atoms with Crippen LogP contribution in [0.5, 0.6) is 0 Å². The number of allylic oxidation sites excluding steroid dienone is 1. The third-order valence-electron chi connectivity index (χ3n) is 5.06. The number of rotatable bonds is 21. The van der Waals surface area contributed by atoms with Crippen molar-refractivity contribution in [1.82, 2.24) is 0 Å². The molecule has 0 aromatic rings. The molecule has 40 heavy (non-hydrogen) atoms. The number of hydrogen-bond donors (Lipinski definition) is 0. The summed E-state index contributed by atoms with van der Waals surface area (Å²) in [4.78, 5) is 0. The molecule has 0 saturated heterocycles. The van der Waals surface area contributed by atoms with E-state index < -0.39 is 61.9 Å². The van der Waals surface area contributed by atoms with Crippen molar-refractivity contribution in [1.29, 1.82) is 0 Å². The minimum Gasteiger partial charge on any atom is -0.393 e. The van der Waals surface area contributed by atoms with E-state index in [1.165, 1.54) is 0 Å². The Hall–Kier alpha value is 1.08. The SMILES string of the molecule is C=CCCCCCCCCC(O[Si](C)(C)C)(P(=O)(O[Si](C)(C)C)O[Si](C)(C)C)P(=O)(O[Si](C)(C)C)O[Si](C)(C)C. The fourth-order valence-electron chi connectivity index (χ4n) is 4.19. The van der Waals surface area contributed by atoms with Crippen molar-refractivity contribution in [2.75, 3.05) is 0 Å². The molecule has 0 aromatic heterocycles. The Morgan fingerprint density at radius 2 is 0.825 bits per heavy atom. The predicted octanol–water partition coefficient (Wildman–Crippen LogP) is 11.6. The van der Waals surface area contributed by atoms with Gasteiger partial charge in [0.25, 0.3) is 5.08 Å². The zero-order chi connectivity index (χ0) is 31.9. The van der Waals surface area contributed by atoms with Gasteiger partial charge in [-0.3, -0.25) is 9.13 Å². The third kappa shape index (κ3) is 15.7. The van der Waals surface area contributed by atoms with Crippen molar-refractivity contribution < 1.29 is 30.4 Å². The van der Waals surface area contributed by atoms with Crippen LogP contribution in [-0.4, -0.2) is 46.7 Å². The smallest absolute Gasteiger partial charge is 0.354 e. The Balaban J connectivity index is 7.30. The Labute approximate surface area is 253 Å². The molecule has 0 spiro atoms. The fourth-order valence-corrected chi connectivity index (χ4v) is 26.1. The van der Waals surface area contributed by atoms with Gasteiger partial charge in [-0.05, 0) is 124 Å². The van der Waals surface area contributed by atoms with Crippen LogP contribution in [0.2, 0.25) is 98.2 Å². The number of hydrogen-bond acceptors (Lipinski definition) is 7. The Bertz CT molecular complexity index is 792. The van der Waals surface area contributed by atoms with Crippen LogP contribution in [0.3, 0.4) is 0 Å². The van der Waals surface area contributed by atoms with E-state index in [1.807, 2.05) is 104 Å². The van der Waals surface area contributed by atoms with E-state index in [1.54, 1.807) is 0 Å². The first-order chi connectivity index (χ1) is 17.6. The molecular weight excluding hydrogens is 627 g/mol. The van der Waals surface area contributed by atoms with Crippen molar-refractivity contribution in [2.45, 2.75) is 155 Å². The maximum absolute atomic E-state index is 15.6. The van der Waals surface area contributed by atoms with Crippen molar-refractivity contribution in [3.05, 3.63) is 12.7 Å². The van der Waals surface area contributed by atoms with Crippen molar-refractivity contribution in [3.63, 3.8) is 0 Å². The summed E-state index contributed by atoms with van der Waals surface area (Å²) in [7, 11) is -20.9. The lowest BCUT2D eigenvalue weighted by Gasteiger charge is -2.50. The van der Waals surface area contributed by atoms with Gasteiger partial charge in [-0.2, -0.15) is 0 Å². The van der Waals surface area contributed by atoms with Gasteiger partial charge in [-0.25, -0.2) is 0 Å². The second-order valence-electron chi connectivity index (χ2n) is 15.7. The minimum absolute atomic E-state index is 0.238. The Morgan fingerprint density at radius 3 is 1.10 bits per heavy atom. The molecule has 0 heterocycles. The first kappa shape index (κ1) is 41.1. The molecule has 0 radical (unpaired) electrons. The van der Waals surface area contributed by atoms with Crippen LogP contribution in [0.1, 0.15) is 51.4 Å². The van der Waals surface area contributed by atoms with Gasteiger partial charge in [0.1, 0.15) is 0 Å². The number of unbranched alkanes of at least 4 members (excludes halogenated alkanes) is 6. The highest BCUT2D eigenvalue weighted by Gasteiger charge is 2.70. The van der Waals surface area contributed by atoms with Gasteiger partial charge in [0.15, 0.2) is 41.6 Å². The van der Waals surface area contributed by atoms with Gasteiger partial charge in [0, 0.05) is 0 Å². The standard InChI is InChI=1S/C26H64O7P2Si5/c1-17-18-19-20-21-22-23-24-25-26(29-36(2,3)4,34(27,30-37(5,6)7)31-38(8,9)10)35(28,32-39(11,12)13)33-40(14,15)16/h17H,1,18-25H2,2-16H3. The molecule has 0 rings (SSSR count). The first-order valence-electron chi connectivity index (χ1n) is 14.9. The van der Waals surface area contributed by atoms with Crippen LogP contribution in [0.25, 0.3) is 0 Å². The van der Waals surface area contributed by atoms with Gasteiger partial charge < -0.3 is 21.3 Å². The summed E-state index contributed by atoms with van der Waals surface area (Å²) in [5.74, 6) is 0. The summed E-state index contributed by atoms with van der Waals surface area (Å²) in [5.41, 5.74) is 0. The molecular formula is C26H64O7P2Si5. The normalized spacial score (nSPS) is 15.0. The van der Waals surface area contributed by atoms with E-state index >= 15 is 9.13 Å². The molecule has 0 aliphatic carbocycles. The van der Waals surface area contributed by atoms with Gasteiger partial charge >= 0.3 is 15.2 Å². The minimum atomic E-state index is -4.21. The first-order valence-corrected chi connectivity index (χ1v) is 35.1. The third-order valence-corrected chi connectivity index (χ3v) is 22.8. The van der Waals surface area contributed by atoms with E-state index in [4.69, 9.17) is 21.3 Å². The zero-order valence-electron chi connectivity index (χ0n) is 28.7. The average Bonchev–Trinajstić information content (AvgIpc) is 2.61. The van der Waals surface area contributed by atoms with Gasteiger partial charge in [-0.15, -0.1) is 6.58 Å². The fraction of sp³-hybridized carbons (Fsp3) is 0.923. The molecule has 0 aliphatic rings. The summed E-state index contributed by atoms with van der Waals surface area (Å²) < 4.78 is 64.6. The quantitative estimate of drug-likeness (QED) is 0.0513. The monoisotopic (exact) mass is 690 g/mol. The zero-order valence-corrected chi connectivity index (χ0v) is 35.5. The maximum Gasteiger partial charge on any atom is 0.354 e. The molecule has 0 fully saturated rings. The average molecular weight is 691 g/mol. The second-order valence-corrected chi connectivity index (χ2v) is 43.8. The van der Waals surface area contributed by atoms with E-state index in [9.17, 15) is 0 Å². The van der Waals surface area contributed by atoms with E-state index in [-0.39, 0.29) is 6.42 Å². The van der Waals surface area contributed by atoms with Gasteiger partial charge in [0.2, 0.25) is 0 Å². The van der Waals surface area contributed by atoms with E-state index in [0.29, 0.717) is 6.42 Å². The van der Waals surface area contributed by atoms with Gasteiger partial charge in [-0.1, -0.05) is 31.8 Å². The highest BCUT2D eigenvalue weighted by atomic mass is 31.2. The molecule has 7 nitrogen and oxygen atoms in total. The van der Waals surface area contributed by atoms with Crippen molar-refractivity contribution >= 4 is 56.8 Å². The van der Waals surface area contributed by atoms with Crippen LogP contribution < -0.4 is 0 Å². The van der Waals surface area contributed by atoms with Crippen LogP contribution in [0, 0.1) is 0 Å². The summed E-state index contributed by atoms with van der Waals surface area (Å²) in [6.07, 6.45) is 9.21. The molecule has 0 unspecified atom stereocenters. The molecule has 0 bridgehead atoms. The lowest BCUT2D eigenvalue weighted by molar-refractivity contribution is 0.141. The summed E-state index contributed by atoms with van der Waals surface area (Å²) in [5, 5.41) is -1.82. The highest BCUT2D eigenvalue weighted by Crippen LogP contribution is 2.82. The second kappa shape index (κ2) is 15.4. The largest absolute Gasteiger partial charge is 0.393 e. The van der Waals surface area contributed by atoms with Gasteiger partial charge in [0.05, 0.1) is 0 Å². The van der Waals surface area contributed by atoms with Crippen molar-refractivity contribution in [2.24, 2.45) is 0 Å². The lowest BCUT2D eigenvalue weighted by Crippen LogP contribution is -2.50. The lowest BCUT2D eigenvalue weighted by atomic mass is 10.1. The maximum atomic E-state index is 15.6.